The minimum atomic E-state index is -0.838. The first-order chi connectivity index (χ1) is 8.02. The predicted molar refractivity (Wildman–Crippen MR) is 67.7 cm³/mol. The van der Waals surface area contributed by atoms with Crippen molar-refractivity contribution in [3.8, 4) is 0 Å². The van der Waals surface area contributed by atoms with Gasteiger partial charge in [0.25, 0.3) is 0 Å². The predicted octanol–water partition coefficient (Wildman–Crippen LogP) is 2.11. The molecule has 17 heavy (non-hydrogen) atoms. The highest BCUT2D eigenvalue weighted by atomic mass is 32.1. The molecule has 1 aliphatic rings. The summed E-state index contributed by atoms with van der Waals surface area (Å²) in [6, 6.07) is 0.275. The zero-order chi connectivity index (χ0) is 12.6. The van der Waals surface area contributed by atoms with E-state index >= 15 is 0 Å². The summed E-state index contributed by atoms with van der Waals surface area (Å²) < 4.78 is 0. The van der Waals surface area contributed by atoms with E-state index in [1.165, 1.54) is 4.90 Å². The summed E-state index contributed by atoms with van der Waals surface area (Å²) in [5.41, 5.74) is 0. The van der Waals surface area contributed by atoms with Crippen molar-refractivity contribution in [1.29, 1.82) is 0 Å². The van der Waals surface area contributed by atoms with Crippen molar-refractivity contribution in [1.82, 2.24) is 9.88 Å². The Balaban J connectivity index is 2.24. The van der Waals surface area contributed by atoms with Gasteiger partial charge in [-0.1, -0.05) is 0 Å². The van der Waals surface area contributed by atoms with Crippen LogP contribution in [0.1, 0.15) is 20.8 Å². The average Bonchev–Trinajstić information content (AvgIpc) is 2.76. The van der Waals surface area contributed by atoms with Crippen molar-refractivity contribution in [2.45, 2.75) is 38.9 Å². The van der Waals surface area contributed by atoms with Crippen molar-refractivity contribution >= 4 is 22.6 Å². The van der Waals surface area contributed by atoms with Gasteiger partial charge in [-0.3, -0.25) is 0 Å². The number of rotatable bonds is 1. The van der Waals surface area contributed by atoms with Crippen LogP contribution in [0, 0.1) is 0 Å². The fourth-order valence-electron chi connectivity index (χ4n) is 2.39. The molecular weight excluding hydrogens is 238 g/mol. The van der Waals surface area contributed by atoms with Crippen LogP contribution in [0.15, 0.2) is 11.6 Å². The molecule has 1 N–H and O–H groups in total. The number of aromatic nitrogens is 1. The number of piperazine rings is 1. The fourth-order valence-corrected chi connectivity index (χ4v) is 3.22. The number of nitrogens with zero attached hydrogens (tertiary/aromatic N) is 3. The van der Waals surface area contributed by atoms with Crippen molar-refractivity contribution in [3.05, 3.63) is 11.6 Å². The van der Waals surface area contributed by atoms with Crippen LogP contribution >= 0.6 is 11.3 Å². The van der Waals surface area contributed by atoms with Crippen LogP contribution in [-0.2, 0) is 0 Å². The Kier molecular flexibility index (Phi) is 3.24. The molecule has 0 bridgehead atoms. The quantitative estimate of drug-likeness (QED) is 0.835. The van der Waals surface area contributed by atoms with Gasteiger partial charge in [0.1, 0.15) is 0 Å². The number of amides is 1. The van der Waals surface area contributed by atoms with E-state index in [0.717, 1.165) is 5.13 Å². The maximum absolute atomic E-state index is 11.1. The van der Waals surface area contributed by atoms with Crippen LogP contribution in [0.2, 0.25) is 0 Å². The SMILES string of the molecule is CC1CN(C(=O)O)[C@H](C)C(C)N1c1nccs1. The first-order valence-electron chi connectivity index (χ1n) is 5.69. The molecule has 0 radical (unpaired) electrons. The maximum Gasteiger partial charge on any atom is 0.407 e. The molecule has 94 valence electrons. The fraction of sp³-hybridized carbons (Fsp3) is 0.636. The molecule has 0 spiro atoms. The van der Waals surface area contributed by atoms with Crippen LogP contribution < -0.4 is 4.90 Å². The molecule has 2 unspecified atom stereocenters. The summed E-state index contributed by atoms with van der Waals surface area (Å²) in [4.78, 5) is 19.2. The van der Waals surface area contributed by atoms with Crippen LogP contribution in [0.25, 0.3) is 0 Å². The first-order valence-corrected chi connectivity index (χ1v) is 6.57. The van der Waals surface area contributed by atoms with Crippen LogP contribution in [-0.4, -0.2) is 45.8 Å². The molecule has 0 aliphatic carbocycles. The molecule has 0 saturated carbocycles. The molecule has 1 amide bonds. The van der Waals surface area contributed by atoms with E-state index in [-0.39, 0.29) is 18.1 Å². The Morgan fingerprint density at radius 3 is 2.71 bits per heavy atom. The lowest BCUT2D eigenvalue weighted by Gasteiger charge is -2.47. The Morgan fingerprint density at radius 2 is 2.18 bits per heavy atom. The second-order valence-electron chi connectivity index (χ2n) is 4.49. The maximum atomic E-state index is 11.1. The summed E-state index contributed by atoms with van der Waals surface area (Å²) in [7, 11) is 0. The van der Waals surface area contributed by atoms with Gasteiger partial charge >= 0.3 is 6.09 Å². The third-order valence-corrected chi connectivity index (χ3v) is 4.24. The third kappa shape index (κ3) is 2.09. The standard InChI is InChI=1S/C11H17N3O2S/c1-7-6-13(11(15)16)8(2)9(3)14(7)10-12-4-5-17-10/h4-5,7-9H,6H2,1-3H3,(H,15,16)/t7?,8-,9?/m1/s1. The molecule has 2 heterocycles. The van der Waals surface area contributed by atoms with E-state index in [9.17, 15) is 4.79 Å². The normalized spacial score (nSPS) is 29.5. The lowest BCUT2D eigenvalue weighted by Crippen LogP contribution is -2.62. The monoisotopic (exact) mass is 255 g/mol. The van der Waals surface area contributed by atoms with Crippen molar-refractivity contribution in [2.75, 3.05) is 11.4 Å². The topological polar surface area (TPSA) is 56.7 Å². The molecule has 6 heteroatoms. The molecule has 2 rings (SSSR count). The van der Waals surface area contributed by atoms with Gasteiger partial charge in [0.2, 0.25) is 0 Å². The average molecular weight is 255 g/mol. The van der Waals surface area contributed by atoms with Gasteiger partial charge in [-0.15, -0.1) is 11.3 Å². The third-order valence-electron chi connectivity index (χ3n) is 3.45. The van der Waals surface area contributed by atoms with Gasteiger partial charge in [-0.05, 0) is 20.8 Å². The van der Waals surface area contributed by atoms with Gasteiger partial charge in [-0.2, -0.15) is 0 Å². The number of anilines is 1. The van der Waals surface area contributed by atoms with Gasteiger partial charge in [0.05, 0.1) is 6.04 Å². The van der Waals surface area contributed by atoms with Gasteiger partial charge in [0, 0.05) is 30.2 Å². The van der Waals surface area contributed by atoms with E-state index < -0.39 is 6.09 Å². The molecule has 1 aromatic heterocycles. The first kappa shape index (κ1) is 12.2. The van der Waals surface area contributed by atoms with E-state index in [1.807, 2.05) is 19.2 Å². The highest BCUT2D eigenvalue weighted by Crippen LogP contribution is 2.29. The molecule has 5 nitrogen and oxygen atoms in total. The summed E-state index contributed by atoms with van der Waals surface area (Å²) in [6.07, 6.45) is 0.947. The number of hydrogen-bond donors (Lipinski definition) is 1. The number of carbonyl (C=O) groups is 1. The molecule has 0 aromatic carbocycles. The Hall–Kier alpha value is -1.30. The molecule has 1 aliphatic heterocycles. The van der Waals surface area contributed by atoms with Crippen LogP contribution in [0.4, 0.5) is 9.93 Å². The second-order valence-corrected chi connectivity index (χ2v) is 5.36. The van der Waals surface area contributed by atoms with Crippen LogP contribution in [0.5, 0.6) is 0 Å². The van der Waals surface area contributed by atoms with E-state index in [4.69, 9.17) is 5.11 Å². The molecule has 3 atom stereocenters. The van der Waals surface area contributed by atoms with E-state index in [1.54, 1.807) is 17.5 Å². The summed E-state index contributed by atoms with van der Waals surface area (Å²) in [5.74, 6) is 0. The molecular formula is C11H17N3O2S. The molecule has 1 fully saturated rings. The zero-order valence-electron chi connectivity index (χ0n) is 10.2. The minimum Gasteiger partial charge on any atom is -0.465 e. The van der Waals surface area contributed by atoms with Gasteiger partial charge < -0.3 is 14.9 Å². The number of thiazole rings is 1. The van der Waals surface area contributed by atoms with Crippen molar-refractivity contribution < 1.29 is 9.90 Å². The summed E-state index contributed by atoms with van der Waals surface area (Å²) in [6.45, 7) is 6.57. The second kappa shape index (κ2) is 4.52. The zero-order valence-corrected chi connectivity index (χ0v) is 11.0. The Labute approximate surface area is 105 Å². The smallest absolute Gasteiger partial charge is 0.407 e. The molecule has 1 aromatic rings. The van der Waals surface area contributed by atoms with Gasteiger partial charge in [-0.25, -0.2) is 9.78 Å². The van der Waals surface area contributed by atoms with Crippen molar-refractivity contribution in [2.24, 2.45) is 0 Å². The molecule has 1 saturated heterocycles. The Morgan fingerprint density at radius 1 is 1.47 bits per heavy atom. The summed E-state index contributed by atoms with van der Waals surface area (Å²) in [5, 5.41) is 12.1. The van der Waals surface area contributed by atoms with Crippen molar-refractivity contribution in [3.63, 3.8) is 0 Å². The van der Waals surface area contributed by atoms with E-state index in [2.05, 4.69) is 16.8 Å². The Bertz CT molecular complexity index is 395. The largest absolute Gasteiger partial charge is 0.465 e. The lowest BCUT2D eigenvalue weighted by molar-refractivity contribution is 0.101. The highest BCUT2D eigenvalue weighted by molar-refractivity contribution is 7.13. The number of hydrogen-bond acceptors (Lipinski definition) is 4. The van der Waals surface area contributed by atoms with Gasteiger partial charge in [0.15, 0.2) is 5.13 Å². The van der Waals surface area contributed by atoms with Crippen LogP contribution in [0.3, 0.4) is 0 Å². The van der Waals surface area contributed by atoms with E-state index in [0.29, 0.717) is 6.54 Å². The lowest BCUT2D eigenvalue weighted by atomic mass is 10.0. The minimum absolute atomic E-state index is 0.0207. The number of carboxylic acid groups (broad SMARTS) is 1. The summed E-state index contributed by atoms with van der Waals surface area (Å²) >= 11 is 1.60. The highest BCUT2D eigenvalue weighted by Gasteiger charge is 2.38.